The molecule has 0 bridgehead atoms. The number of nitrogens with one attached hydrogen (secondary N) is 1. The highest BCUT2D eigenvalue weighted by Crippen LogP contribution is 2.23. The van der Waals surface area contributed by atoms with Gasteiger partial charge >= 0.3 is 5.97 Å². The van der Waals surface area contributed by atoms with Crippen LogP contribution in [-0.2, 0) is 9.53 Å². The molecule has 0 spiro atoms. The highest BCUT2D eigenvalue weighted by Gasteiger charge is 2.15. The van der Waals surface area contributed by atoms with Crippen molar-refractivity contribution in [1.29, 1.82) is 0 Å². The van der Waals surface area contributed by atoms with E-state index >= 15 is 0 Å². The molecule has 1 atom stereocenters. The third-order valence-corrected chi connectivity index (χ3v) is 3.27. The number of hydrogen-bond donors (Lipinski definition) is 2. The first-order valence-electron chi connectivity index (χ1n) is 6.28. The summed E-state index contributed by atoms with van der Waals surface area (Å²) in [6.45, 7) is 3.89. The zero-order valence-electron chi connectivity index (χ0n) is 11.8. The molecule has 0 fully saturated rings. The fraction of sp³-hybridized carbons (Fsp3) is 0.429. The van der Waals surface area contributed by atoms with E-state index in [9.17, 15) is 9.59 Å². The van der Waals surface area contributed by atoms with Gasteiger partial charge in [-0.05, 0) is 24.1 Å². The minimum absolute atomic E-state index is 0.191. The Morgan fingerprint density at radius 2 is 2.05 bits per heavy atom. The minimum Gasteiger partial charge on any atom is -0.465 e. The van der Waals surface area contributed by atoms with Crippen molar-refractivity contribution in [2.45, 2.75) is 26.3 Å². The molecule has 1 aromatic rings. The molecule has 1 aromatic carbocycles. The predicted octanol–water partition coefficient (Wildman–Crippen LogP) is 2.44. The van der Waals surface area contributed by atoms with Crippen LogP contribution >= 0.6 is 11.6 Å². The van der Waals surface area contributed by atoms with Gasteiger partial charge < -0.3 is 15.8 Å². The van der Waals surface area contributed by atoms with Gasteiger partial charge in [0.15, 0.2) is 0 Å². The average molecular weight is 299 g/mol. The molecule has 6 heteroatoms. The maximum absolute atomic E-state index is 11.9. The summed E-state index contributed by atoms with van der Waals surface area (Å²) in [6.07, 6.45) is 0.191. The lowest BCUT2D eigenvalue weighted by atomic mass is 10.0. The fourth-order valence-corrected chi connectivity index (χ4v) is 1.68. The molecule has 0 aliphatic heterocycles. The lowest BCUT2D eigenvalue weighted by Crippen LogP contribution is -2.31. The first-order valence-corrected chi connectivity index (χ1v) is 6.66. The zero-order chi connectivity index (χ0) is 15.3. The van der Waals surface area contributed by atoms with E-state index in [-0.39, 0.29) is 24.3 Å². The van der Waals surface area contributed by atoms with Gasteiger partial charge in [0.2, 0.25) is 5.91 Å². The standard InChI is InChI=1S/C14H19ClN2O3/c1-8(2)11(16)7-13(18)17-12-6-9(14(19)20-3)4-5-10(12)15/h4-6,8,11H,7,16H2,1-3H3,(H,17,18). The maximum Gasteiger partial charge on any atom is 0.337 e. The number of nitrogens with two attached hydrogens (primary N) is 1. The van der Waals surface area contributed by atoms with E-state index in [4.69, 9.17) is 17.3 Å². The summed E-state index contributed by atoms with van der Waals surface area (Å²) in [5, 5.41) is 3.01. The Morgan fingerprint density at radius 1 is 1.40 bits per heavy atom. The van der Waals surface area contributed by atoms with Crippen LogP contribution in [0.5, 0.6) is 0 Å². The molecule has 1 amide bonds. The summed E-state index contributed by atoms with van der Waals surface area (Å²) in [6, 6.07) is 4.32. The van der Waals surface area contributed by atoms with Crippen molar-refractivity contribution in [3.05, 3.63) is 28.8 Å². The number of carbonyl (C=O) groups is 2. The number of benzene rings is 1. The predicted molar refractivity (Wildman–Crippen MR) is 78.9 cm³/mol. The topological polar surface area (TPSA) is 81.4 Å². The van der Waals surface area contributed by atoms with Crippen LogP contribution in [0.15, 0.2) is 18.2 Å². The summed E-state index contributed by atoms with van der Waals surface area (Å²) >= 11 is 5.99. The van der Waals surface area contributed by atoms with Crippen LogP contribution in [0, 0.1) is 5.92 Å². The van der Waals surface area contributed by atoms with Crippen molar-refractivity contribution < 1.29 is 14.3 Å². The number of amides is 1. The van der Waals surface area contributed by atoms with Crippen LogP contribution in [0.1, 0.15) is 30.6 Å². The number of esters is 1. The number of carbonyl (C=O) groups excluding carboxylic acids is 2. The van der Waals surface area contributed by atoms with Crippen molar-refractivity contribution >= 4 is 29.2 Å². The van der Waals surface area contributed by atoms with E-state index in [2.05, 4.69) is 10.1 Å². The number of rotatable bonds is 5. The van der Waals surface area contributed by atoms with E-state index in [0.29, 0.717) is 16.3 Å². The van der Waals surface area contributed by atoms with Gasteiger partial charge in [-0.1, -0.05) is 25.4 Å². The molecule has 110 valence electrons. The summed E-state index contributed by atoms with van der Waals surface area (Å²) < 4.78 is 4.62. The molecule has 0 radical (unpaired) electrons. The summed E-state index contributed by atoms with van der Waals surface area (Å²) in [5.74, 6) is -0.524. The molecule has 0 aliphatic rings. The van der Waals surface area contributed by atoms with Crippen molar-refractivity contribution in [1.82, 2.24) is 0 Å². The van der Waals surface area contributed by atoms with E-state index in [0.717, 1.165) is 0 Å². The monoisotopic (exact) mass is 298 g/mol. The lowest BCUT2D eigenvalue weighted by Gasteiger charge is -2.15. The second-order valence-corrected chi connectivity index (χ2v) is 5.25. The largest absolute Gasteiger partial charge is 0.465 e. The Hall–Kier alpha value is -1.59. The Balaban J connectivity index is 2.81. The second-order valence-electron chi connectivity index (χ2n) is 4.85. The Morgan fingerprint density at radius 3 is 2.60 bits per heavy atom. The summed E-state index contributed by atoms with van der Waals surface area (Å²) in [7, 11) is 1.29. The molecule has 5 nitrogen and oxygen atoms in total. The van der Waals surface area contributed by atoms with Gasteiger partial charge in [-0.3, -0.25) is 4.79 Å². The number of ether oxygens (including phenoxy) is 1. The zero-order valence-corrected chi connectivity index (χ0v) is 12.5. The Bertz CT molecular complexity index is 503. The SMILES string of the molecule is COC(=O)c1ccc(Cl)c(NC(=O)CC(N)C(C)C)c1. The molecule has 0 heterocycles. The van der Waals surface area contributed by atoms with Gasteiger partial charge in [-0.15, -0.1) is 0 Å². The highest BCUT2D eigenvalue weighted by molar-refractivity contribution is 6.33. The fourth-order valence-electron chi connectivity index (χ4n) is 1.52. The van der Waals surface area contributed by atoms with E-state index in [1.807, 2.05) is 13.8 Å². The van der Waals surface area contributed by atoms with Gasteiger partial charge in [-0.2, -0.15) is 0 Å². The minimum atomic E-state index is -0.490. The molecule has 20 heavy (non-hydrogen) atoms. The lowest BCUT2D eigenvalue weighted by molar-refractivity contribution is -0.116. The molecule has 3 N–H and O–H groups in total. The third kappa shape index (κ3) is 4.51. The van der Waals surface area contributed by atoms with Gasteiger partial charge in [0, 0.05) is 12.5 Å². The van der Waals surface area contributed by atoms with Gasteiger partial charge in [0.05, 0.1) is 23.4 Å². The molecular formula is C14H19ClN2O3. The summed E-state index contributed by atoms with van der Waals surface area (Å²) in [4.78, 5) is 23.3. The molecule has 0 aliphatic carbocycles. The molecule has 0 saturated heterocycles. The molecule has 1 unspecified atom stereocenters. The number of hydrogen-bond acceptors (Lipinski definition) is 4. The molecule has 0 saturated carbocycles. The number of halogens is 1. The van der Waals surface area contributed by atoms with Crippen LogP contribution < -0.4 is 11.1 Å². The average Bonchev–Trinajstić information content (AvgIpc) is 2.40. The van der Waals surface area contributed by atoms with Gasteiger partial charge in [0.1, 0.15) is 0 Å². The van der Waals surface area contributed by atoms with E-state index in [1.165, 1.54) is 25.3 Å². The Kier molecular flexibility index (Phi) is 5.98. The second kappa shape index (κ2) is 7.26. The van der Waals surface area contributed by atoms with Gasteiger partial charge in [-0.25, -0.2) is 4.79 Å². The Labute approximate surface area is 123 Å². The van der Waals surface area contributed by atoms with E-state index in [1.54, 1.807) is 0 Å². The smallest absolute Gasteiger partial charge is 0.337 e. The van der Waals surface area contributed by atoms with Crippen molar-refractivity contribution in [3.63, 3.8) is 0 Å². The van der Waals surface area contributed by atoms with Crippen molar-refractivity contribution in [2.75, 3.05) is 12.4 Å². The summed E-state index contributed by atoms with van der Waals surface area (Å²) in [5.41, 5.74) is 6.53. The molecule has 0 aromatic heterocycles. The number of anilines is 1. The van der Waals surface area contributed by atoms with Crippen LogP contribution in [0.3, 0.4) is 0 Å². The molecule has 1 rings (SSSR count). The van der Waals surface area contributed by atoms with Crippen molar-refractivity contribution in [2.24, 2.45) is 11.7 Å². The van der Waals surface area contributed by atoms with Crippen molar-refractivity contribution in [3.8, 4) is 0 Å². The van der Waals surface area contributed by atoms with Crippen LogP contribution in [-0.4, -0.2) is 25.0 Å². The normalized spacial score (nSPS) is 12.1. The van der Waals surface area contributed by atoms with E-state index < -0.39 is 5.97 Å². The van der Waals surface area contributed by atoms with Crippen LogP contribution in [0.2, 0.25) is 5.02 Å². The maximum atomic E-state index is 11.9. The van der Waals surface area contributed by atoms with Crippen LogP contribution in [0.25, 0.3) is 0 Å². The first-order chi connectivity index (χ1) is 9.35. The highest BCUT2D eigenvalue weighted by atomic mass is 35.5. The van der Waals surface area contributed by atoms with Gasteiger partial charge in [0.25, 0.3) is 0 Å². The van der Waals surface area contributed by atoms with Crippen LogP contribution in [0.4, 0.5) is 5.69 Å². The first kappa shape index (κ1) is 16.5. The molecular weight excluding hydrogens is 280 g/mol. The third-order valence-electron chi connectivity index (χ3n) is 2.94. The quantitative estimate of drug-likeness (QED) is 0.818. The number of methoxy groups -OCH3 is 1.